The molecular weight excluding hydrogens is 315 g/mol. The van der Waals surface area contributed by atoms with Crippen LogP contribution in [0.4, 0.5) is 0 Å². The topological polar surface area (TPSA) is 62.6 Å². The predicted octanol–water partition coefficient (Wildman–Crippen LogP) is 4.75. The minimum atomic E-state index is -3.74. The highest BCUT2D eigenvalue weighted by Crippen LogP contribution is 2.55. The van der Waals surface area contributed by atoms with Crippen LogP contribution in [0.25, 0.3) is 10.9 Å². The van der Waals surface area contributed by atoms with Gasteiger partial charge in [-0.05, 0) is 47.6 Å². The van der Waals surface area contributed by atoms with Crippen LogP contribution in [0, 0.1) is 0 Å². The minimum Gasteiger partial charge on any atom is -0.281 e. The van der Waals surface area contributed by atoms with Crippen LogP contribution in [-0.4, -0.2) is 21.0 Å². The largest absolute Gasteiger partial charge is 0.477 e. The molecule has 0 radical (unpaired) electrons. The molecule has 0 N–H and O–H groups in total. The van der Waals surface area contributed by atoms with E-state index in [2.05, 4.69) is 5.10 Å². The van der Waals surface area contributed by atoms with Crippen LogP contribution in [0.5, 0.6) is 0 Å². The number of phosphoric acid groups is 1. The van der Waals surface area contributed by atoms with Crippen LogP contribution in [0.1, 0.15) is 41.5 Å². The van der Waals surface area contributed by atoms with Crippen LogP contribution in [-0.2, 0) is 24.9 Å². The van der Waals surface area contributed by atoms with Gasteiger partial charge < -0.3 is 0 Å². The first-order chi connectivity index (χ1) is 10.5. The Balaban J connectivity index is 2.19. The van der Waals surface area contributed by atoms with Crippen LogP contribution in [0.2, 0.25) is 0 Å². The summed E-state index contributed by atoms with van der Waals surface area (Å²) in [5.41, 5.74) is -0.425. The fraction of sp³-hybridized carbons (Fsp3) is 0.562. The molecule has 0 aliphatic rings. The van der Waals surface area contributed by atoms with Crippen LogP contribution in [0.3, 0.4) is 0 Å². The first-order valence-corrected chi connectivity index (χ1v) is 9.00. The molecule has 1 aromatic carbocycles. The van der Waals surface area contributed by atoms with Crippen molar-refractivity contribution in [3.8, 4) is 0 Å². The zero-order valence-corrected chi connectivity index (χ0v) is 15.5. The molecule has 0 saturated carbocycles. The van der Waals surface area contributed by atoms with Crippen molar-refractivity contribution in [2.24, 2.45) is 0 Å². The molecule has 0 saturated heterocycles. The Kier molecular flexibility index (Phi) is 5.02. The number of benzene rings is 1. The Morgan fingerprint density at radius 2 is 1.61 bits per heavy atom. The lowest BCUT2D eigenvalue weighted by Crippen LogP contribution is -2.25. The first kappa shape index (κ1) is 18.1. The Morgan fingerprint density at radius 1 is 1.04 bits per heavy atom. The van der Waals surface area contributed by atoms with Crippen LogP contribution < -0.4 is 0 Å². The number of phosphoric ester groups is 1. The number of nitrogens with zero attached hydrogens (tertiary/aromatic N) is 2. The van der Waals surface area contributed by atoms with E-state index in [0.29, 0.717) is 0 Å². The molecule has 1 heterocycles. The predicted molar refractivity (Wildman–Crippen MR) is 90.1 cm³/mol. The average Bonchev–Trinajstić information content (AvgIpc) is 2.75. The van der Waals surface area contributed by atoms with Crippen molar-refractivity contribution in [1.29, 1.82) is 0 Å². The molecule has 23 heavy (non-hydrogen) atoms. The molecule has 0 atom stereocenters. The monoisotopic (exact) mass is 340 g/mol. The van der Waals surface area contributed by atoms with Crippen molar-refractivity contribution in [3.05, 3.63) is 30.5 Å². The second-order valence-electron chi connectivity index (χ2n) is 7.32. The van der Waals surface area contributed by atoms with E-state index in [0.717, 1.165) is 10.9 Å². The molecule has 128 valence electrons. The van der Waals surface area contributed by atoms with Gasteiger partial charge in [0.1, 0.15) is 0 Å². The van der Waals surface area contributed by atoms with Gasteiger partial charge in [0.15, 0.2) is 6.73 Å². The number of para-hydroxylation sites is 1. The van der Waals surface area contributed by atoms with Gasteiger partial charge in [0.2, 0.25) is 0 Å². The molecule has 0 bridgehead atoms. The van der Waals surface area contributed by atoms with Crippen molar-refractivity contribution in [2.75, 3.05) is 0 Å². The van der Waals surface area contributed by atoms with Gasteiger partial charge in [-0.2, -0.15) is 5.10 Å². The molecule has 0 unspecified atom stereocenters. The Labute approximate surface area is 137 Å². The molecule has 0 amide bonds. The minimum absolute atomic E-state index is 0.0169. The van der Waals surface area contributed by atoms with Crippen molar-refractivity contribution in [1.82, 2.24) is 9.78 Å². The lowest BCUT2D eigenvalue weighted by molar-refractivity contribution is -0.00701. The number of hydrogen-bond acceptors (Lipinski definition) is 5. The SMILES string of the molecule is CC(C)(C)OP(=O)(OCn1ncc2ccccc21)OC(C)(C)C. The highest BCUT2D eigenvalue weighted by atomic mass is 31.2. The van der Waals surface area contributed by atoms with E-state index < -0.39 is 19.0 Å². The van der Waals surface area contributed by atoms with Gasteiger partial charge in [0.05, 0.1) is 22.9 Å². The quantitative estimate of drug-likeness (QED) is 0.735. The fourth-order valence-corrected chi connectivity index (χ4v) is 3.73. The summed E-state index contributed by atoms with van der Waals surface area (Å²) < 4.78 is 31.3. The zero-order chi connectivity index (χ0) is 17.3. The molecule has 2 rings (SSSR count). The molecule has 0 aliphatic heterocycles. The average molecular weight is 340 g/mol. The number of hydrogen-bond donors (Lipinski definition) is 0. The van der Waals surface area contributed by atoms with Gasteiger partial charge in [-0.15, -0.1) is 0 Å². The van der Waals surface area contributed by atoms with E-state index in [1.807, 2.05) is 24.3 Å². The first-order valence-electron chi connectivity index (χ1n) is 7.54. The summed E-state index contributed by atoms with van der Waals surface area (Å²) in [6.45, 7) is 10.8. The zero-order valence-electron chi connectivity index (χ0n) is 14.6. The number of fused-ring (bicyclic) bond motifs is 1. The molecular formula is C16H25N2O4P. The van der Waals surface area contributed by atoms with Crippen LogP contribution in [0.15, 0.2) is 30.5 Å². The summed E-state index contributed by atoms with van der Waals surface area (Å²) in [6, 6.07) is 7.73. The van der Waals surface area contributed by atoms with Crippen LogP contribution >= 0.6 is 7.82 Å². The highest BCUT2D eigenvalue weighted by molar-refractivity contribution is 7.48. The van der Waals surface area contributed by atoms with Gasteiger partial charge in [0.25, 0.3) is 0 Å². The third-order valence-electron chi connectivity index (χ3n) is 2.66. The van der Waals surface area contributed by atoms with Crippen molar-refractivity contribution in [3.63, 3.8) is 0 Å². The van der Waals surface area contributed by atoms with Crippen molar-refractivity contribution < 1.29 is 18.1 Å². The third-order valence-corrected chi connectivity index (χ3v) is 4.63. The molecule has 0 fully saturated rings. The van der Waals surface area contributed by atoms with Gasteiger partial charge in [-0.1, -0.05) is 18.2 Å². The lowest BCUT2D eigenvalue weighted by Gasteiger charge is -2.30. The maximum absolute atomic E-state index is 13.0. The summed E-state index contributed by atoms with van der Waals surface area (Å²) >= 11 is 0. The molecule has 7 heteroatoms. The van der Waals surface area contributed by atoms with E-state index in [1.165, 1.54) is 0 Å². The van der Waals surface area contributed by atoms with E-state index in [1.54, 1.807) is 52.4 Å². The second-order valence-corrected chi connectivity index (χ2v) is 8.83. The Hall–Kier alpha value is -1.20. The maximum atomic E-state index is 13.0. The third kappa shape index (κ3) is 5.43. The van der Waals surface area contributed by atoms with E-state index in [4.69, 9.17) is 13.6 Å². The standard InChI is InChI=1S/C16H25N2O4P/c1-15(2,3)21-23(19,22-16(4,5)6)20-12-18-14-10-8-7-9-13(14)11-17-18/h7-11H,12H2,1-6H3. The van der Waals surface area contributed by atoms with Gasteiger partial charge >= 0.3 is 7.82 Å². The highest BCUT2D eigenvalue weighted by Gasteiger charge is 2.37. The summed E-state index contributed by atoms with van der Waals surface area (Å²) in [4.78, 5) is 0. The molecule has 2 aromatic rings. The molecule has 1 aromatic heterocycles. The Morgan fingerprint density at radius 3 is 2.17 bits per heavy atom. The van der Waals surface area contributed by atoms with Gasteiger partial charge in [0, 0.05) is 5.39 Å². The molecule has 0 spiro atoms. The lowest BCUT2D eigenvalue weighted by atomic mass is 10.2. The molecule has 6 nitrogen and oxygen atoms in total. The van der Waals surface area contributed by atoms with E-state index >= 15 is 0 Å². The number of aromatic nitrogens is 2. The van der Waals surface area contributed by atoms with Crippen molar-refractivity contribution in [2.45, 2.75) is 59.5 Å². The van der Waals surface area contributed by atoms with Crippen molar-refractivity contribution >= 4 is 18.7 Å². The molecule has 0 aliphatic carbocycles. The fourth-order valence-electron chi connectivity index (χ4n) is 2.00. The van der Waals surface area contributed by atoms with Gasteiger partial charge in [-0.25, -0.2) is 9.25 Å². The van der Waals surface area contributed by atoms with E-state index in [9.17, 15) is 4.57 Å². The second kappa shape index (κ2) is 6.36. The summed E-state index contributed by atoms with van der Waals surface area (Å²) in [7, 11) is -3.74. The van der Waals surface area contributed by atoms with Gasteiger partial charge in [-0.3, -0.25) is 13.6 Å². The normalized spacial score (nSPS) is 13.7. The Bertz CT molecular complexity index is 693. The summed E-state index contributed by atoms with van der Waals surface area (Å²) in [5.74, 6) is 0. The number of rotatable bonds is 5. The smallest absolute Gasteiger partial charge is 0.281 e. The summed E-state index contributed by atoms with van der Waals surface area (Å²) in [5, 5.41) is 5.24. The summed E-state index contributed by atoms with van der Waals surface area (Å²) in [6.07, 6.45) is 1.73. The van der Waals surface area contributed by atoms with E-state index in [-0.39, 0.29) is 6.73 Å². The maximum Gasteiger partial charge on any atom is 0.477 e.